The van der Waals surface area contributed by atoms with Crippen molar-refractivity contribution in [3.63, 3.8) is 0 Å². The summed E-state index contributed by atoms with van der Waals surface area (Å²) in [6.07, 6.45) is 0.882. The Bertz CT molecular complexity index is 847. The minimum absolute atomic E-state index is 0.0734. The second kappa shape index (κ2) is 10.8. The van der Waals surface area contributed by atoms with Crippen molar-refractivity contribution in [3.05, 3.63) is 54.1 Å². The quantitative estimate of drug-likeness (QED) is 0.521. The number of anilines is 3. The van der Waals surface area contributed by atoms with Crippen LogP contribution in [0.5, 0.6) is 0 Å². The maximum atomic E-state index is 12.2. The minimum Gasteiger partial charge on any atom is -0.376 e. The first-order valence-electron chi connectivity index (χ1n) is 9.72. The molecule has 0 bridgehead atoms. The van der Waals surface area contributed by atoms with Gasteiger partial charge in [-0.2, -0.15) is 0 Å². The molecule has 29 heavy (non-hydrogen) atoms. The normalized spacial score (nSPS) is 10.3. The molecule has 3 amide bonds. The maximum absolute atomic E-state index is 12.2. The number of hydrogen-bond donors (Lipinski definition) is 4. The Morgan fingerprint density at radius 3 is 2.17 bits per heavy atom. The Hall–Kier alpha value is -3.35. The Morgan fingerprint density at radius 1 is 0.897 bits per heavy atom. The molecule has 0 radical (unpaired) electrons. The van der Waals surface area contributed by atoms with Crippen molar-refractivity contribution >= 4 is 34.8 Å². The van der Waals surface area contributed by atoms with Gasteiger partial charge in [0.05, 0.1) is 6.54 Å². The van der Waals surface area contributed by atoms with Crippen molar-refractivity contribution in [2.45, 2.75) is 27.2 Å². The van der Waals surface area contributed by atoms with Crippen molar-refractivity contribution in [3.8, 4) is 0 Å². The molecule has 7 heteroatoms. The van der Waals surface area contributed by atoms with Crippen molar-refractivity contribution < 1.29 is 14.4 Å². The molecule has 2 rings (SSSR count). The Morgan fingerprint density at radius 2 is 1.55 bits per heavy atom. The highest BCUT2D eigenvalue weighted by Gasteiger charge is 2.09. The first-order valence-corrected chi connectivity index (χ1v) is 9.72. The van der Waals surface area contributed by atoms with Crippen molar-refractivity contribution in [1.82, 2.24) is 5.32 Å². The van der Waals surface area contributed by atoms with E-state index < -0.39 is 0 Å². The van der Waals surface area contributed by atoms with E-state index in [1.165, 1.54) is 0 Å². The fraction of sp³-hybridized carbons (Fsp3) is 0.318. The lowest BCUT2D eigenvalue weighted by molar-refractivity contribution is -0.119. The third kappa shape index (κ3) is 7.29. The van der Waals surface area contributed by atoms with E-state index in [0.717, 1.165) is 12.1 Å². The molecule has 0 atom stereocenters. The molecular weight excluding hydrogens is 368 g/mol. The third-order valence-corrected chi connectivity index (χ3v) is 4.07. The van der Waals surface area contributed by atoms with Crippen LogP contribution >= 0.6 is 0 Å². The Balaban J connectivity index is 1.85. The van der Waals surface area contributed by atoms with Gasteiger partial charge in [0.1, 0.15) is 0 Å². The SMILES string of the molecule is CCCNC(=O)c1ccc(NCC(=O)Nc2cccc(NC(=O)C(C)C)c2)cc1. The van der Waals surface area contributed by atoms with E-state index in [0.29, 0.717) is 23.5 Å². The predicted molar refractivity (Wildman–Crippen MR) is 116 cm³/mol. The van der Waals surface area contributed by atoms with Gasteiger partial charge in [-0.15, -0.1) is 0 Å². The third-order valence-electron chi connectivity index (χ3n) is 4.07. The van der Waals surface area contributed by atoms with Crippen molar-refractivity contribution in [2.24, 2.45) is 5.92 Å². The zero-order chi connectivity index (χ0) is 21.2. The molecule has 0 aliphatic carbocycles. The molecule has 0 saturated heterocycles. The van der Waals surface area contributed by atoms with Crippen LogP contribution in [0.4, 0.5) is 17.1 Å². The zero-order valence-electron chi connectivity index (χ0n) is 17.0. The van der Waals surface area contributed by atoms with Gasteiger partial charge in [0.2, 0.25) is 11.8 Å². The number of benzene rings is 2. The van der Waals surface area contributed by atoms with Gasteiger partial charge in [-0.1, -0.05) is 26.8 Å². The molecule has 0 fully saturated rings. The fourth-order valence-corrected chi connectivity index (χ4v) is 2.43. The van der Waals surface area contributed by atoms with Gasteiger partial charge in [-0.05, 0) is 48.9 Å². The van der Waals surface area contributed by atoms with E-state index in [9.17, 15) is 14.4 Å². The number of amides is 3. The Labute approximate surface area is 171 Å². The average molecular weight is 396 g/mol. The van der Waals surface area contributed by atoms with Gasteiger partial charge in [0.15, 0.2) is 0 Å². The van der Waals surface area contributed by atoms with Gasteiger partial charge in [0, 0.05) is 35.1 Å². The van der Waals surface area contributed by atoms with Crippen LogP contribution in [0.2, 0.25) is 0 Å². The highest BCUT2D eigenvalue weighted by Crippen LogP contribution is 2.16. The molecule has 4 N–H and O–H groups in total. The van der Waals surface area contributed by atoms with Crippen LogP contribution in [-0.2, 0) is 9.59 Å². The molecule has 0 saturated carbocycles. The van der Waals surface area contributed by atoms with Crippen LogP contribution in [0.1, 0.15) is 37.6 Å². The summed E-state index contributed by atoms with van der Waals surface area (Å²) < 4.78 is 0. The smallest absolute Gasteiger partial charge is 0.251 e. The average Bonchev–Trinajstić information content (AvgIpc) is 2.71. The monoisotopic (exact) mass is 396 g/mol. The van der Waals surface area contributed by atoms with Gasteiger partial charge in [-0.3, -0.25) is 14.4 Å². The van der Waals surface area contributed by atoms with E-state index >= 15 is 0 Å². The molecule has 154 valence electrons. The number of nitrogens with one attached hydrogen (secondary N) is 4. The van der Waals surface area contributed by atoms with Crippen LogP contribution in [-0.4, -0.2) is 30.8 Å². The summed E-state index contributed by atoms with van der Waals surface area (Å²) >= 11 is 0. The summed E-state index contributed by atoms with van der Waals surface area (Å²) in [7, 11) is 0. The number of carbonyl (C=O) groups excluding carboxylic acids is 3. The molecule has 2 aromatic rings. The summed E-state index contributed by atoms with van der Waals surface area (Å²) in [4.78, 5) is 35.9. The molecule has 7 nitrogen and oxygen atoms in total. The van der Waals surface area contributed by atoms with Crippen LogP contribution in [0.25, 0.3) is 0 Å². The first kappa shape index (κ1) is 21.9. The van der Waals surface area contributed by atoms with Gasteiger partial charge in [-0.25, -0.2) is 0 Å². The van der Waals surface area contributed by atoms with Crippen LogP contribution < -0.4 is 21.3 Å². The molecule has 0 aliphatic heterocycles. The van der Waals surface area contributed by atoms with E-state index in [1.54, 1.807) is 48.5 Å². The van der Waals surface area contributed by atoms with E-state index in [-0.39, 0.29) is 30.2 Å². The van der Waals surface area contributed by atoms with E-state index in [2.05, 4.69) is 21.3 Å². The Kier molecular flexibility index (Phi) is 8.21. The lowest BCUT2D eigenvalue weighted by atomic mass is 10.2. The molecule has 0 spiro atoms. The molecule has 0 heterocycles. The standard InChI is InChI=1S/C22H28N4O3/c1-4-12-23-22(29)16-8-10-17(11-9-16)24-14-20(27)25-18-6-5-7-19(13-18)26-21(28)15(2)3/h5-11,13,15,24H,4,12,14H2,1-3H3,(H,23,29)(H,25,27)(H,26,28). The van der Waals surface area contributed by atoms with Crippen LogP contribution in [0.15, 0.2) is 48.5 Å². The van der Waals surface area contributed by atoms with Crippen LogP contribution in [0.3, 0.4) is 0 Å². The molecule has 2 aromatic carbocycles. The minimum atomic E-state index is -0.220. The highest BCUT2D eigenvalue weighted by molar-refractivity contribution is 5.96. The molecular formula is C22H28N4O3. The topological polar surface area (TPSA) is 99.3 Å². The van der Waals surface area contributed by atoms with E-state index in [4.69, 9.17) is 0 Å². The maximum Gasteiger partial charge on any atom is 0.251 e. The van der Waals surface area contributed by atoms with Gasteiger partial charge >= 0.3 is 0 Å². The number of carbonyl (C=O) groups is 3. The van der Waals surface area contributed by atoms with Crippen molar-refractivity contribution in [1.29, 1.82) is 0 Å². The van der Waals surface area contributed by atoms with E-state index in [1.807, 2.05) is 20.8 Å². The molecule has 0 aliphatic rings. The van der Waals surface area contributed by atoms with Crippen LogP contribution in [0, 0.1) is 5.92 Å². The van der Waals surface area contributed by atoms with Gasteiger partial charge in [0.25, 0.3) is 5.91 Å². The largest absolute Gasteiger partial charge is 0.376 e. The summed E-state index contributed by atoms with van der Waals surface area (Å²) in [6, 6.07) is 14.0. The molecule has 0 unspecified atom stereocenters. The lowest BCUT2D eigenvalue weighted by Gasteiger charge is -2.11. The number of rotatable bonds is 9. The fourth-order valence-electron chi connectivity index (χ4n) is 2.43. The summed E-state index contributed by atoms with van der Waals surface area (Å²) in [5.41, 5.74) is 2.55. The summed E-state index contributed by atoms with van der Waals surface area (Å²) in [6.45, 7) is 6.34. The van der Waals surface area contributed by atoms with Crippen molar-refractivity contribution in [2.75, 3.05) is 29.0 Å². The second-order valence-electron chi connectivity index (χ2n) is 6.96. The highest BCUT2D eigenvalue weighted by atomic mass is 16.2. The first-order chi connectivity index (χ1) is 13.9. The van der Waals surface area contributed by atoms with Gasteiger partial charge < -0.3 is 21.3 Å². The number of hydrogen-bond acceptors (Lipinski definition) is 4. The second-order valence-corrected chi connectivity index (χ2v) is 6.96. The summed E-state index contributed by atoms with van der Waals surface area (Å²) in [5, 5.41) is 11.4. The lowest BCUT2D eigenvalue weighted by Crippen LogP contribution is -2.24. The molecule has 0 aromatic heterocycles. The summed E-state index contributed by atoms with van der Waals surface area (Å²) in [5.74, 6) is -0.536. The zero-order valence-corrected chi connectivity index (χ0v) is 17.0. The predicted octanol–water partition coefficient (Wildman–Crippen LogP) is 3.47.